The molecule has 0 atom stereocenters. The van der Waals surface area contributed by atoms with Gasteiger partial charge in [0.25, 0.3) is 0 Å². The van der Waals surface area contributed by atoms with E-state index in [0.717, 1.165) is 43.4 Å². The summed E-state index contributed by atoms with van der Waals surface area (Å²) in [7, 11) is 2.14. The smallest absolute Gasteiger partial charge is 0.148 e. The van der Waals surface area contributed by atoms with Gasteiger partial charge < -0.3 is 15.2 Å². The molecule has 3 N–H and O–H groups in total. The number of nitrogens with one attached hydrogen (secondary N) is 1. The van der Waals surface area contributed by atoms with Crippen molar-refractivity contribution in [3.63, 3.8) is 0 Å². The first kappa shape index (κ1) is 12.1. The molecule has 6 heteroatoms. The fourth-order valence-electron chi connectivity index (χ4n) is 2.08. The van der Waals surface area contributed by atoms with E-state index in [1.807, 2.05) is 13.8 Å². The standard InChI is InChI=1S/C11H20N6/c1-8-10(15-12)13-9(2)14-11(8)17-6-4-16(3)5-7-17/h4-7,12H2,1-3H3,(H,13,14,15). The summed E-state index contributed by atoms with van der Waals surface area (Å²) < 4.78 is 0. The zero-order chi connectivity index (χ0) is 12.4. The molecule has 17 heavy (non-hydrogen) atoms. The lowest BCUT2D eigenvalue weighted by Crippen LogP contribution is -2.45. The van der Waals surface area contributed by atoms with Crippen LogP contribution in [0.15, 0.2) is 0 Å². The Kier molecular flexibility index (Phi) is 3.44. The van der Waals surface area contributed by atoms with Gasteiger partial charge in [-0.2, -0.15) is 0 Å². The van der Waals surface area contributed by atoms with Gasteiger partial charge in [-0.3, -0.25) is 0 Å². The van der Waals surface area contributed by atoms with Crippen LogP contribution in [0.1, 0.15) is 11.4 Å². The lowest BCUT2D eigenvalue weighted by Gasteiger charge is -2.34. The number of hydrogen-bond acceptors (Lipinski definition) is 6. The third-order valence-electron chi connectivity index (χ3n) is 3.17. The molecule has 0 unspecified atom stereocenters. The average Bonchev–Trinajstić information content (AvgIpc) is 2.33. The summed E-state index contributed by atoms with van der Waals surface area (Å²) >= 11 is 0. The Morgan fingerprint density at radius 1 is 1.12 bits per heavy atom. The molecule has 1 fully saturated rings. The van der Waals surface area contributed by atoms with Crippen LogP contribution in [0.4, 0.5) is 11.6 Å². The summed E-state index contributed by atoms with van der Waals surface area (Å²) in [5.74, 6) is 7.93. The van der Waals surface area contributed by atoms with Gasteiger partial charge in [-0.25, -0.2) is 15.8 Å². The number of anilines is 2. The largest absolute Gasteiger partial charge is 0.354 e. The Labute approximate surface area is 102 Å². The molecule has 1 aromatic rings. The van der Waals surface area contributed by atoms with Crippen LogP contribution in [0, 0.1) is 13.8 Å². The quantitative estimate of drug-likeness (QED) is 0.562. The third-order valence-corrected chi connectivity index (χ3v) is 3.17. The van der Waals surface area contributed by atoms with Gasteiger partial charge in [0, 0.05) is 31.7 Å². The van der Waals surface area contributed by atoms with E-state index in [1.165, 1.54) is 0 Å². The minimum atomic E-state index is 0.714. The van der Waals surface area contributed by atoms with Gasteiger partial charge in [0.15, 0.2) is 0 Å². The zero-order valence-electron chi connectivity index (χ0n) is 10.7. The molecule has 1 aromatic heterocycles. The number of aromatic nitrogens is 2. The Morgan fingerprint density at radius 3 is 2.35 bits per heavy atom. The molecule has 94 valence electrons. The molecule has 0 spiro atoms. The summed E-state index contributed by atoms with van der Waals surface area (Å²) in [5, 5.41) is 0. The van der Waals surface area contributed by atoms with Crippen molar-refractivity contribution in [1.82, 2.24) is 14.9 Å². The van der Waals surface area contributed by atoms with E-state index in [-0.39, 0.29) is 0 Å². The van der Waals surface area contributed by atoms with Crippen molar-refractivity contribution in [3.05, 3.63) is 11.4 Å². The molecular formula is C11H20N6. The highest BCUT2D eigenvalue weighted by molar-refractivity contribution is 5.58. The molecule has 0 radical (unpaired) electrons. The van der Waals surface area contributed by atoms with E-state index in [0.29, 0.717) is 5.82 Å². The topological polar surface area (TPSA) is 70.3 Å². The van der Waals surface area contributed by atoms with Gasteiger partial charge in [-0.1, -0.05) is 0 Å². The number of piperazine rings is 1. The van der Waals surface area contributed by atoms with E-state index in [2.05, 4.69) is 32.2 Å². The predicted molar refractivity (Wildman–Crippen MR) is 69.0 cm³/mol. The number of aryl methyl sites for hydroxylation is 1. The highest BCUT2D eigenvalue weighted by Gasteiger charge is 2.19. The number of hydrogen-bond donors (Lipinski definition) is 2. The normalized spacial score (nSPS) is 17.3. The maximum Gasteiger partial charge on any atom is 0.148 e. The van der Waals surface area contributed by atoms with Crippen molar-refractivity contribution in [2.24, 2.45) is 5.84 Å². The van der Waals surface area contributed by atoms with Crippen molar-refractivity contribution in [3.8, 4) is 0 Å². The van der Waals surface area contributed by atoms with Crippen molar-refractivity contribution >= 4 is 11.6 Å². The molecule has 0 bridgehead atoms. The van der Waals surface area contributed by atoms with Gasteiger partial charge in [0.05, 0.1) is 0 Å². The van der Waals surface area contributed by atoms with Crippen molar-refractivity contribution in [2.45, 2.75) is 13.8 Å². The second kappa shape index (κ2) is 4.85. The first-order chi connectivity index (χ1) is 8.11. The first-order valence-corrected chi connectivity index (χ1v) is 5.87. The second-order valence-electron chi connectivity index (χ2n) is 4.50. The van der Waals surface area contributed by atoms with Gasteiger partial charge >= 0.3 is 0 Å². The highest BCUT2D eigenvalue weighted by Crippen LogP contribution is 2.23. The van der Waals surface area contributed by atoms with E-state index in [9.17, 15) is 0 Å². The van der Waals surface area contributed by atoms with Crippen LogP contribution in [-0.2, 0) is 0 Å². The maximum atomic E-state index is 5.47. The Morgan fingerprint density at radius 2 is 1.76 bits per heavy atom. The van der Waals surface area contributed by atoms with Crippen molar-refractivity contribution in [2.75, 3.05) is 43.6 Å². The van der Waals surface area contributed by atoms with Crippen molar-refractivity contribution in [1.29, 1.82) is 0 Å². The first-order valence-electron chi connectivity index (χ1n) is 5.87. The fraction of sp³-hybridized carbons (Fsp3) is 0.636. The lowest BCUT2D eigenvalue weighted by molar-refractivity contribution is 0.312. The predicted octanol–water partition coefficient (Wildman–Crippen LogP) is 0.131. The van der Waals surface area contributed by atoms with Gasteiger partial charge in [0.1, 0.15) is 17.5 Å². The second-order valence-corrected chi connectivity index (χ2v) is 4.50. The van der Waals surface area contributed by atoms with Gasteiger partial charge in [0.2, 0.25) is 0 Å². The molecule has 1 aliphatic rings. The van der Waals surface area contributed by atoms with Gasteiger partial charge in [-0.15, -0.1) is 0 Å². The number of rotatable bonds is 2. The highest BCUT2D eigenvalue weighted by atomic mass is 15.3. The average molecular weight is 236 g/mol. The summed E-state index contributed by atoms with van der Waals surface area (Å²) in [6, 6.07) is 0. The number of likely N-dealkylation sites (N-methyl/N-ethyl adjacent to an activating group) is 1. The molecule has 0 aromatic carbocycles. The van der Waals surface area contributed by atoms with E-state index >= 15 is 0 Å². The minimum Gasteiger partial charge on any atom is -0.354 e. The van der Waals surface area contributed by atoms with Crippen LogP contribution in [0.2, 0.25) is 0 Å². The van der Waals surface area contributed by atoms with E-state index < -0.39 is 0 Å². The number of nitrogens with zero attached hydrogens (tertiary/aromatic N) is 4. The van der Waals surface area contributed by atoms with Crippen LogP contribution in [0.3, 0.4) is 0 Å². The molecular weight excluding hydrogens is 216 g/mol. The lowest BCUT2D eigenvalue weighted by atomic mass is 10.2. The Bertz CT molecular complexity index is 397. The van der Waals surface area contributed by atoms with E-state index in [4.69, 9.17) is 5.84 Å². The minimum absolute atomic E-state index is 0.714. The number of nitrogen functional groups attached to an aromatic ring is 1. The molecule has 1 aliphatic heterocycles. The molecule has 2 heterocycles. The Balaban J connectivity index is 2.28. The zero-order valence-corrected chi connectivity index (χ0v) is 10.7. The van der Waals surface area contributed by atoms with Crippen LogP contribution in [0.5, 0.6) is 0 Å². The molecule has 6 nitrogen and oxygen atoms in total. The van der Waals surface area contributed by atoms with Crippen LogP contribution in [-0.4, -0.2) is 48.1 Å². The summed E-state index contributed by atoms with van der Waals surface area (Å²) in [5.41, 5.74) is 3.65. The third kappa shape index (κ3) is 2.48. The molecule has 0 saturated carbocycles. The molecule has 1 saturated heterocycles. The van der Waals surface area contributed by atoms with Crippen LogP contribution >= 0.6 is 0 Å². The summed E-state index contributed by atoms with van der Waals surface area (Å²) in [4.78, 5) is 13.4. The molecule has 0 aliphatic carbocycles. The summed E-state index contributed by atoms with van der Waals surface area (Å²) in [6.45, 7) is 8.01. The van der Waals surface area contributed by atoms with Crippen LogP contribution in [0.25, 0.3) is 0 Å². The fourth-order valence-corrected chi connectivity index (χ4v) is 2.08. The number of hydrazine groups is 1. The molecule has 0 amide bonds. The van der Waals surface area contributed by atoms with E-state index in [1.54, 1.807) is 0 Å². The summed E-state index contributed by atoms with van der Waals surface area (Å²) in [6.07, 6.45) is 0. The number of nitrogens with two attached hydrogens (primary N) is 1. The van der Waals surface area contributed by atoms with Crippen molar-refractivity contribution < 1.29 is 0 Å². The SMILES string of the molecule is Cc1nc(NN)c(C)c(N2CCN(C)CC2)n1. The van der Waals surface area contributed by atoms with Crippen LogP contribution < -0.4 is 16.2 Å². The molecule has 2 rings (SSSR count). The maximum absolute atomic E-state index is 5.47. The monoisotopic (exact) mass is 236 g/mol. The van der Waals surface area contributed by atoms with Gasteiger partial charge in [-0.05, 0) is 20.9 Å². The Hall–Kier alpha value is -1.40.